The number of carbonyl (C=O) groups is 1. The molecular weight excluding hydrogens is 262 g/mol. The van der Waals surface area contributed by atoms with Crippen molar-refractivity contribution in [1.29, 1.82) is 0 Å². The maximum absolute atomic E-state index is 12.1. The van der Waals surface area contributed by atoms with Gasteiger partial charge in [-0.15, -0.1) is 0 Å². The summed E-state index contributed by atoms with van der Waals surface area (Å²) < 4.78 is 5.16. The fourth-order valence-corrected chi connectivity index (χ4v) is 3.70. The SMILES string of the molecule is COc1ccc(CN/C(C)=C2\C(=O)C[C@@H]3[C@H]2C3(C)C)cc1. The Morgan fingerprint density at radius 2 is 2.00 bits per heavy atom. The Labute approximate surface area is 126 Å². The first-order valence-corrected chi connectivity index (χ1v) is 7.56. The summed E-state index contributed by atoms with van der Waals surface area (Å²) in [5, 5.41) is 3.42. The summed E-state index contributed by atoms with van der Waals surface area (Å²) in [6.07, 6.45) is 0.731. The second-order valence-electron chi connectivity index (χ2n) is 6.77. The van der Waals surface area contributed by atoms with Crippen LogP contribution >= 0.6 is 0 Å². The zero-order valence-corrected chi connectivity index (χ0v) is 13.2. The van der Waals surface area contributed by atoms with E-state index in [1.54, 1.807) is 7.11 Å². The average molecular weight is 285 g/mol. The van der Waals surface area contributed by atoms with Gasteiger partial charge < -0.3 is 10.1 Å². The molecule has 3 nitrogen and oxygen atoms in total. The van der Waals surface area contributed by atoms with E-state index in [-0.39, 0.29) is 0 Å². The number of hydrogen-bond acceptors (Lipinski definition) is 3. The number of rotatable bonds is 4. The van der Waals surface area contributed by atoms with Crippen LogP contribution in [0.1, 0.15) is 32.8 Å². The number of nitrogens with one attached hydrogen (secondary N) is 1. The van der Waals surface area contributed by atoms with Crippen LogP contribution in [-0.4, -0.2) is 12.9 Å². The second-order valence-corrected chi connectivity index (χ2v) is 6.77. The third kappa shape index (κ3) is 2.35. The van der Waals surface area contributed by atoms with Crippen LogP contribution in [0.3, 0.4) is 0 Å². The number of methoxy groups -OCH3 is 1. The molecule has 0 bridgehead atoms. The molecule has 1 aromatic carbocycles. The number of fused-ring (bicyclic) bond motifs is 1. The van der Waals surface area contributed by atoms with Gasteiger partial charge >= 0.3 is 0 Å². The molecule has 2 atom stereocenters. The van der Waals surface area contributed by atoms with Crippen LogP contribution < -0.4 is 10.1 Å². The maximum atomic E-state index is 12.1. The third-order valence-electron chi connectivity index (χ3n) is 5.19. The van der Waals surface area contributed by atoms with Crippen LogP contribution in [0.15, 0.2) is 35.5 Å². The molecule has 2 fully saturated rings. The predicted octanol–water partition coefficient (Wildman–Crippen LogP) is 3.30. The van der Waals surface area contributed by atoms with Gasteiger partial charge in [0.05, 0.1) is 7.11 Å². The lowest BCUT2D eigenvalue weighted by Crippen LogP contribution is -2.18. The van der Waals surface area contributed by atoms with Crippen molar-refractivity contribution in [2.24, 2.45) is 17.3 Å². The Bertz CT molecular complexity index is 598. The molecule has 112 valence electrons. The largest absolute Gasteiger partial charge is 0.497 e. The van der Waals surface area contributed by atoms with Crippen molar-refractivity contribution in [2.45, 2.75) is 33.7 Å². The van der Waals surface area contributed by atoms with Crippen LogP contribution in [0.4, 0.5) is 0 Å². The van der Waals surface area contributed by atoms with E-state index in [1.165, 1.54) is 5.56 Å². The normalized spacial score (nSPS) is 28.1. The second kappa shape index (κ2) is 4.90. The van der Waals surface area contributed by atoms with E-state index >= 15 is 0 Å². The number of ether oxygens (including phenoxy) is 1. The Morgan fingerprint density at radius 3 is 2.57 bits per heavy atom. The van der Waals surface area contributed by atoms with Gasteiger partial charge in [-0.05, 0) is 41.9 Å². The minimum atomic E-state index is 0.312. The minimum absolute atomic E-state index is 0.312. The molecule has 1 N–H and O–H groups in total. The average Bonchev–Trinajstić information content (AvgIpc) is 2.83. The molecule has 1 aromatic rings. The van der Waals surface area contributed by atoms with E-state index in [4.69, 9.17) is 4.74 Å². The standard InChI is InChI=1S/C18H23NO2/c1-11(16-15(20)9-14-17(16)18(14,2)3)19-10-12-5-7-13(21-4)8-6-12/h5-8,14,17,19H,9-10H2,1-4H3/b16-11+/t14-,17-/m1/s1. The zero-order chi connectivity index (χ0) is 15.2. The quantitative estimate of drug-likeness (QED) is 0.863. The van der Waals surface area contributed by atoms with E-state index in [9.17, 15) is 4.79 Å². The van der Waals surface area contributed by atoms with E-state index in [2.05, 4.69) is 19.2 Å². The van der Waals surface area contributed by atoms with Crippen molar-refractivity contribution in [3.8, 4) is 5.75 Å². The lowest BCUT2D eigenvalue weighted by Gasteiger charge is -2.14. The lowest BCUT2D eigenvalue weighted by atomic mass is 9.95. The smallest absolute Gasteiger partial charge is 0.161 e. The van der Waals surface area contributed by atoms with Crippen LogP contribution in [0, 0.1) is 17.3 Å². The first-order chi connectivity index (χ1) is 9.95. The van der Waals surface area contributed by atoms with Crippen molar-refractivity contribution in [3.63, 3.8) is 0 Å². The molecule has 3 rings (SSSR count). The summed E-state index contributed by atoms with van der Waals surface area (Å²) in [7, 11) is 1.67. The van der Waals surface area contributed by atoms with Gasteiger partial charge in [0.2, 0.25) is 0 Å². The van der Waals surface area contributed by atoms with E-state index in [0.717, 1.165) is 30.0 Å². The Balaban J connectivity index is 1.69. The molecule has 0 spiro atoms. The molecule has 2 aliphatic carbocycles. The number of Topliss-reactive ketones (excluding diaryl/α,β-unsaturated/α-hetero) is 1. The minimum Gasteiger partial charge on any atom is -0.497 e. The molecule has 0 radical (unpaired) electrons. The summed E-state index contributed by atoms with van der Waals surface area (Å²) in [6.45, 7) is 7.31. The van der Waals surface area contributed by atoms with Gasteiger partial charge in [-0.25, -0.2) is 0 Å². The topological polar surface area (TPSA) is 38.3 Å². The van der Waals surface area contributed by atoms with Crippen molar-refractivity contribution in [2.75, 3.05) is 7.11 Å². The first kappa shape index (κ1) is 14.2. The summed E-state index contributed by atoms with van der Waals surface area (Å²) in [5.74, 6) is 2.23. The highest BCUT2D eigenvalue weighted by molar-refractivity contribution is 6.01. The highest BCUT2D eigenvalue weighted by atomic mass is 16.5. The van der Waals surface area contributed by atoms with Gasteiger partial charge in [-0.2, -0.15) is 0 Å². The van der Waals surface area contributed by atoms with Crippen LogP contribution in [0.25, 0.3) is 0 Å². The highest BCUT2D eigenvalue weighted by Gasteiger charge is 2.65. The molecule has 0 saturated heterocycles. The van der Waals surface area contributed by atoms with Gasteiger partial charge in [0.15, 0.2) is 5.78 Å². The molecule has 0 amide bonds. The first-order valence-electron chi connectivity index (χ1n) is 7.56. The zero-order valence-electron chi connectivity index (χ0n) is 13.2. The Morgan fingerprint density at radius 1 is 1.33 bits per heavy atom. The van der Waals surface area contributed by atoms with Crippen molar-refractivity contribution < 1.29 is 9.53 Å². The van der Waals surface area contributed by atoms with Gasteiger partial charge in [-0.1, -0.05) is 26.0 Å². The number of hydrogen-bond donors (Lipinski definition) is 1. The molecule has 0 heterocycles. The summed E-state index contributed by atoms with van der Waals surface area (Å²) in [4.78, 5) is 12.1. The van der Waals surface area contributed by atoms with Crippen molar-refractivity contribution in [1.82, 2.24) is 5.32 Å². The van der Waals surface area contributed by atoms with Gasteiger partial charge in [0.1, 0.15) is 5.75 Å². The molecule has 2 saturated carbocycles. The molecule has 2 aliphatic rings. The molecule has 21 heavy (non-hydrogen) atoms. The van der Waals surface area contributed by atoms with Crippen molar-refractivity contribution in [3.05, 3.63) is 41.1 Å². The Kier molecular flexibility index (Phi) is 3.31. The Hall–Kier alpha value is -1.77. The number of allylic oxidation sites excluding steroid dienone is 2. The summed E-state index contributed by atoms with van der Waals surface area (Å²) >= 11 is 0. The number of benzene rings is 1. The number of ketones is 1. The molecule has 0 aliphatic heterocycles. The third-order valence-corrected chi connectivity index (χ3v) is 5.19. The molecule has 3 heteroatoms. The van der Waals surface area contributed by atoms with Crippen LogP contribution in [-0.2, 0) is 11.3 Å². The predicted molar refractivity (Wildman–Crippen MR) is 82.9 cm³/mol. The summed E-state index contributed by atoms with van der Waals surface area (Å²) in [6, 6.07) is 8.01. The van der Waals surface area contributed by atoms with Gasteiger partial charge in [0, 0.05) is 24.2 Å². The number of carbonyl (C=O) groups excluding carboxylic acids is 1. The van der Waals surface area contributed by atoms with Crippen molar-refractivity contribution >= 4 is 5.78 Å². The highest BCUT2D eigenvalue weighted by Crippen LogP contribution is 2.68. The van der Waals surface area contributed by atoms with E-state index in [1.807, 2.05) is 31.2 Å². The van der Waals surface area contributed by atoms with Gasteiger partial charge in [0.25, 0.3) is 0 Å². The molecule has 0 unspecified atom stereocenters. The monoisotopic (exact) mass is 285 g/mol. The molecule has 0 aromatic heterocycles. The maximum Gasteiger partial charge on any atom is 0.161 e. The fourth-order valence-electron chi connectivity index (χ4n) is 3.70. The lowest BCUT2D eigenvalue weighted by molar-refractivity contribution is -0.115. The van der Waals surface area contributed by atoms with E-state index in [0.29, 0.717) is 23.0 Å². The molecular formula is C18H23NO2. The van der Waals surface area contributed by atoms with Gasteiger partial charge in [-0.3, -0.25) is 4.79 Å². The van der Waals surface area contributed by atoms with E-state index < -0.39 is 0 Å². The summed E-state index contributed by atoms with van der Waals surface area (Å²) in [5.41, 5.74) is 3.59. The van der Waals surface area contributed by atoms with Crippen LogP contribution in [0.2, 0.25) is 0 Å². The fraction of sp³-hybridized carbons (Fsp3) is 0.500. The van der Waals surface area contributed by atoms with Crippen LogP contribution in [0.5, 0.6) is 5.75 Å².